The summed E-state index contributed by atoms with van der Waals surface area (Å²) in [6, 6.07) is 0.842. The molecule has 16 heavy (non-hydrogen) atoms. The normalized spacial score (nSPS) is 31.5. The van der Waals surface area contributed by atoms with Crippen LogP contribution in [-0.4, -0.2) is 35.1 Å². The summed E-state index contributed by atoms with van der Waals surface area (Å²) in [5, 5.41) is 3.69. The third kappa shape index (κ3) is 2.60. The molecule has 1 N–H and O–H groups in total. The van der Waals surface area contributed by atoms with E-state index in [0.717, 1.165) is 12.6 Å². The van der Waals surface area contributed by atoms with Crippen LogP contribution < -0.4 is 5.32 Å². The summed E-state index contributed by atoms with van der Waals surface area (Å²) in [6.07, 6.45) is 6.97. The van der Waals surface area contributed by atoms with E-state index < -0.39 is 0 Å². The van der Waals surface area contributed by atoms with Crippen LogP contribution in [0.2, 0.25) is 0 Å². The predicted octanol–water partition coefficient (Wildman–Crippen LogP) is 2.78. The first kappa shape index (κ1) is 12.4. The van der Waals surface area contributed by atoms with Crippen molar-refractivity contribution in [3.05, 3.63) is 0 Å². The second kappa shape index (κ2) is 4.30. The number of nitrogens with one attached hydrogen (secondary N) is 1. The largest absolute Gasteiger partial charge is 0.310 e. The van der Waals surface area contributed by atoms with Crippen molar-refractivity contribution in [2.24, 2.45) is 0 Å². The van der Waals surface area contributed by atoms with Crippen molar-refractivity contribution >= 4 is 0 Å². The molecule has 0 aromatic carbocycles. The Morgan fingerprint density at radius 1 is 1.06 bits per heavy atom. The number of hydrogen-bond acceptors (Lipinski definition) is 2. The van der Waals surface area contributed by atoms with Crippen molar-refractivity contribution in [1.82, 2.24) is 10.2 Å². The second-order valence-electron chi connectivity index (χ2n) is 6.94. The molecule has 2 heteroatoms. The molecule has 1 heterocycles. The van der Waals surface area contributed by atoms with E-state index in [1.54, 1.807) is 0 Å². The molecule has 2 rings (SSSR count). The van der Waals surface area contributed by atoms with E-state index in [9.17, 15) is 0 Å². The van der Waals surface area contributed by atoms with E-state index >= 15 is 0 Å². The van der Waals surface area contributed by atoms with Gasteiger partial charge in [0.1, 0.15) is 0 Å². The van der Waals surface area contributed by atoms with Gasteiger partial charge in [-0.05, 0) is 53.5 Å². The molecule has 0 aromatic heterocycles. The van der Waals surface area contributed by atoms with Crippen LogP contribution >= 0.6 is 0 Å². The molecule has 0 atom stereocenters. The quantitative estimate of drug-likeness (QED) is 0.737. The van der Waals surface area contributed by atoms with Gasteiger partial charge in [0.15, 0.2) is 0 Å². The van der Waals surface area contributed by atoms with Crippen molar-refractivity contribution in [2.75, 3.05) is 13.1 Å². The number of rotatable bonds is 1. The van der Waals surface area contributed by atoms with E-state index in [1.807, 2.05) is 0 Å². The summed E-state index contributed by atoms with van der Waals surface area (Å²) in [5.41, 5.74) is 0.645. The minimum atomic E-state index is 0.274. The Hall–Kier alpha value is -0.0800. The van der Waals surface area contributed by atoms with Gasteiger partial charge in [0.25, 0.3) is 0 Å². The molecule has 0 amide bonds. The van der Waals surface area contributed by atoms with Gasteiger partial charge in [0.05, 0.1) is 0 Å². The molecule has 0 aromatic rings. The van der Waals surface area contributed by atoms with Gasteiger partial charge in [-0.25, -0.2) is 0 Å². The van der Waals surface area contributed by atoms with Crippen molar-refractivity contribution in [2.45, 2.75) is 76.9 Å². The highest BCUT2D eigenvalue weighted by molar-refractivity contribution is 4.97. The Balaban J connectivity index is 2.15. The van der Waals surface area contributed by atoms with Crippen LogP contribution in [0.15, 0.2) is 0 Å². The van der Waals surface area contributed by atoms with Gasteiger partial charge in [0.2, 0.25) is 0 Å². The monoisotopic (exact) mass is 224 g/mol. The lowest BCUT2D eigenvalue weighted by Crippen LogP contribution is -2.54. The third-order valence-electron chi connectivity index (χ3n) is 4.45. The van der Waals surface area contributed by atoms with Crippen LogP contribution in [0.4, 0.5) is 0 Å². The highest BCUT2D eigenvalue weighted by Gasteiger charge is 2.39. The molecule has 1 saturated carbocycles. The molecule has 2 nitrogen and oxygen atoms in total. The van der Waals surface area contributed by atoms with Crippen molar-refractivity contribution in [3.63, 3.8) is 0 Å². The van der Waals surface area contributed by atoms with Crippen LogP contribution in [-0.2, 0) is 0 Å². The van der Waals surface area contributed by atoms with E-state index in [2.05, 4.69) is 37.9 Å². The lowest BCUT2D eigenvalue weighted by molar-refractivity contribution is 0.0597. The minimum Gasteiger partial charge on any atom is -0.310 e. The van der Waals surface area contributed by atoms with Gasteiger partial charge >= 0.3 is 0 Å². The second-order valence-corrected chi connectivity index (χ2v) is 6.94. The minimum absolute atomic E-state index is 0.274. The Labute approximate surface area is 101 Å². The number of hydrogen-bond donors (Lipinski definition) is 1. The van der Waals surface area contributed by atoms with Crippen LogP contribution in [0.25, 0.3) is 0 Å². The van der Waals surface area contributed by atoms with Gasteiger partial charge < -0.3 is 5.32 Å². The molecule has 0 unspecified atom stereocenters. The molecular formula is C14H28N2. The van der Waals surface area contributed by atoms with Gasteiger partial charge in [-0.1, -0.05) is 12.8 Å². The molecular weight excluding hydrogens is 196 g/mol. The van der Waals surface area contributed by atoms with Gasteiger partial charge in [0, 0.05) is 23.7 Å². The maximum absolute atomic E-state index is 3.69. The van der Waals surface area contributed by atoms with E-state index in [0.29, 0.717) is 5.54 Å². The predicted molar refractivity (Wildman–Crippen MR) is 69.7 cm³/mol. The zero-order chi connectivity index (χ0) is 11.8. The first-order chi connectivity index (χ1) is 7.41. The standard InChI is InChI=1S/C14H28N2/c1-13(2)11-16(12-7-5-6-8-12)14(3,4)9-10-15-13/h12,15H,5-11H2,1-4H3. The summed E-state index contributed by atoms with van der Waals surface area (Å²) < 4.78 is 0. The Morgan fingerprint density at radius 3 is 2.31 bits per heavy atom. The third-order valence-corrected chi connectivity index (χ3v) is 4.45. The van der Waals surface area contributed by atoms with E-state index in [4.69, 9.17) is 0 Å². The fourth-order valence-corrected chi connectivity index (χ4v) is 3.39. The Kier molecular flexibility index (Phi) is 3.33. The molecule has 2 aliphatic rings. The maximum Gasteiger partial charge on any atom is 0.0252 e. The van der Waals surface area contributed by atoms with Crippen LogP contribution in [0.5, 0.6) is 0 Å². The van der Waals surface area contributed by atoms with Crippen LogP contribution in [0.1, 0.15) is 59.8 Å². The summed E-state index contributed by atoms with van der Waals surface area (Å²) >= 11 is 0. The Morgan fingerprint density at radius 2 is 1.69 bits per heavy atom. The average Bonchev–Trinajstić information content (AvgIpc) is 2.62. The molecule has 94 valence electrons. The molecule has 1 saturated heterocycles. The molecule has 2 fully saturated rings. The molecule has 0 radical (unpaired) electrons. The van der Waals surface area contributed by atoms with Gasteiger partial charge in [-0.15, -0.1) is 0 Å². The van der Waals surface area contributed by atoms with Crippen molar-refractivity contribution in [1.29, 1.82) is 0 Å². The SMILES string of the molecule is CC1(C)CN(C2CCCC2)C(C)(C)CCN1. The summed E-state index contributed by atoms with van der Waals surface area (Å²) in [6.45, 7) is 11.9. The first-order valence-corrected chi connectivity index (χ1v) is 6.93. The molecule has 1 aliphatic heterocycles. The smallest absolute Gasteiger partial charge is 0.0252 e. The van der Waals surface area contributed by atoms with Gasteiger partial charge in [-0.3, -0.25) is 4.90 Å². The summed E-state index contributed by atoms with van der Waals surface area (Å²) in [7, 11) is 0. The van der Waals surface area contributed by atoms with Crippen LogP contribution in [0, 0.1) is 0 Å². The Bertz CT molecular complexity index is 239. The summed E-state index contributed by atoms with van der Waals surface area (Å²) in [4.78, 5) is 2.79. The fraction of sp³-hybridized carbons (Fsp3) is 1.00. The molecule has 1 aliphatic carbocycles. The molecule has 0 bridgehead atoms. The fourth-order valence-electron chi connectivity index (χ4n) is 3.39. The zero-order valence-electron chi connectivity index (χ0n) is 11.5. The first-order valence-electron chi connectivity index (χ1n) is 6.93. The maximum atomic E-state index is 3.69. The van der Waals surface area contributed by atoms with Crippen LogP contribution in [0.3, 0.4) is 0 Å². The lowest BCUT2D eigenvalue weighted by Gasteiger charge is -2.43. The molecule has 0 spiro atoms. The summed E-state index contributed by atoms with van der Waals surface area (Å²) in [5.74, 6) is 0. The topological polar surface area (TPSA) is 15.3 Å². The van der Waals surface area contributed by atoms with Crippen molar-refractivity contribution in [3.8, 4) is 0 Å². The van der Waals surface area contributed by atoms with E-state index in [-0.39, 0.29) is 5.54 Å². The zero-order valence-corrected chi connectivity index (χ0v) is 11.5. The van der Waals surface area contributed by atoms with Gasteiger partial charge in [-0.2, -0.15) is 0 Å². The van der Waals surface area contributed by atoms with E-state index in [1.165, 1.54) is 38.6 Å². The highest BCUT2D eigenvalue weighted by atomic mass is 15.3. The lowest BCUT2D eigenvalue weighted by atomic mass is 9.94. The average molecular weight is 224 g/mol. The van der Waals surface area contributed by atoms with Crippen molar-refractivity contribution < 1.29 is 0 Å². The highest BCUT2D eigenvalue weighted by Crippen LogP contribution is 2.33. The number of nitrogens with zero attached hydrogens (tertiary/aromatic N) is 1.